The van der Waals surface area contributed by atoms with Gasteiger partial charge in [-0.3, -0.25) is 9.59 Å². The van der Waals surface area contributed by atoms with Crippen LogP contribution in [0.4, 0.5) is 13.2 Å². The van der Waals surface area contributed by atoms with E-state index in [-0.39, 0.29) is 18.4 Å². The van der Waals surface area contributed by atoms with E-state index in [1.165, 1.54) is 12.1 Å². The molecule has 2 unspecified atom stereocenters. The summed E-state index contributed by atoms with van der Waals surface area (Å²) in [5.41, 5.74) is -1.62. The first-order valence-corrected chi connectivity index (χ1v) is 8.14. The molecule has 0 spiro atoms. The summed E-state index contributed by atoms with van der Waals surface area (Å²) < 4.78 is 38.8. The number of nitrogens with zero attached hydrogens (tertiary/aromatic N) is 1. The number of carbonyl (C=O) groups excluding carboxylic acids is 1. The van der Waals surface area contributed by atoms with Crippen molar-refractivity contribution >= 4 is 11.9 Å². The van der Waals surface area contributed by atoms with E-state index in [1.807, 2.05) is 0 Å². The molecule has 1 aromatic carbocycles. The molecule has 0 aromatic heterocycles. The van der Waals surface area contributed by atoms with Crippen LogP contribution in [0.15, 0.2) is 24.3 Å². The molecule has 2 rings (SSSR count). The van der Waals surface area contributed by atoms with Crippen molar-refractivity contribution in [2.45, 2.75) is 38.8 Å². The van der Waals surface area contributed by atoms with Gasteiger partial charge in [0.2, 0.25) is 5.91 Å². The van der Waals surface area contributed by atoms with E-state index in [0.29, 0.717) is 18.5 Å². The van der Waals surface area contributed by atoms with Crippen LogP contribution in [-0.4, -0.2) is 35.0 Å². The van der Waals surface area contributed by atoms with Gasteiger partial charge < -0.3 is 10.0 Å². The highest BCUT2D eigenvalue weighted by Crippen LogP contribution is 2.34. The van der Waals surface area contributed by atoms with Crippen LogP contribution in [-0.2, 0) is 21.2 Å². The molecule has 0 aliphatic carbocycles. The fourth-order valence-corrected chi connectivity index (χ4v) is 3.30. The highest BCUT2D eigenvalue weighted by Gasteiger charge is 2.40. The minimum atomic E-state index is -4.47. The van der Waals surface area contributed by atoms with E-state index in [4.69, 9.17) is 5.11 Å². The Morgan fingerprint density at radius 3 is 2.32 bits per heavy atom. The maximum Gasteiger partial charge on any atom is 0.416 e. The lowest BCUT2D eigenvalue weighted by Gasteiger charge is -2.39. The van der Waals surface area contributed by atoms with Crippen LogP contribution in [0.1, 0.15) is 38.3 Å². The van der Waals surface area contributed by atoms with E-state index in [1.54, 1.807) is 25.7 Å². The molecule has 0 saturated carbocycles. The van der Waals surface area contributed by atoms with Gasteiger partial charge in [0, 0.05) is 13.1 Å². The summed E-state index contributed by atoms with van der Waals surface area (Å²) in [5.74, 6) is -1.87. The molecule has 1 fully saturated rings. The van der Waals surface area contributed by atoms with E-state index in [0.717, 1.165) is 12.1 Å². The Bertz CT molecular complexity index is 670. The van der Waals surface area contributed by atoms with Crippen LogP contribution in [0.5, 0.6) is 0 Å². The monoisotopic (exact) mass is 357 g/mol. The van der Waals surface area contributed by atoms with Crippen molar-refractivity contribution in [3.63, 3.8) is 0 Å². The van der Waals surface area contributed by atoms with Crippen molar-refractivity contribution in [3.05, 3.63) is 35.4 Å². The van der Waals surface area contributed by atoms with Crippen LogP contribution in [0.25, 0.3) is 0 Å². The summed E-state index contributed by atoms with van der Waals surface area (Å²) in [6, 6.07) is 4.79. The molecule has 7 heteroatoms. The summed E-state index contributed by atoms with van der Waals surface area (Å²) in [4.78, 5) is 25.6. The quantitative estimate of drug-likeness (QED) is 0.900. The smallest absolute Gasteiger partial charge is 0.416 e. The second-order valence-corrected chi connectivity index (χ2v) is 7.17. The lowest BCUT2D eigenvalue weighted by atomic mass is 9.80. The summed E-state index contributed by atoms with van der Waals surface area (Å²) in [5, 5.41) is 9.17. The van der Waals surface area contributed by atoms with Crippen molar-refractivity contribution in [2.24, 2.45) is 11.8 Å². The second-order valence-electron chi connectivity index (χ2n) is 7.17. The van der Waals surface area contributed by atoms with Gasteiger partial charge in [0.25, 0.3) is 0 Å². The third-order valence-corrected chi connectivity index (χ3v) is 4.96. The summed E-state index contributed by atoms with van der Waals surface area (Å²) in [6.45, 7) is 5.55. The minimum Gasteiger partial charge on any atom is -0.481 e. The molecule has 1 amide bonds. The Morgan fingerprint density at radius 2 is 1.80 bits per heavy atom. The number of rotatable bonds is 3. The van der Waals surface area contributed by atoms with Crippen molar-refractivity contribution in [2.75, 3.05) is 13.1 Å². The number of hydrogen-bond acceptors (Lipinski definition) is 2. The zero-order chi connectivity index (χ0) is 19.0. The Kier molecular flexibility index (Phi) is 5.16. The molecular weight excluding hydrogens is 335 g/mol. The molecule has 1 aliphatic rings. The van der Waals surface area contributed by atoms with E-state index < -0.39 is 29.0 Å². The van der Waals surface area contributed by atoms with E-state index >= 15 is 0 Å². The van der Waals surface area contributed by atoms with Crippen molar-refractivity contribution in [1.29, 1.82) is 0 Å². The summed E-state index contributed by atoms with van der Waals surface area (Å²) in [7, 11) is 0. The third-order valence-electron chi connectivity index (χ3n) is 4.96. The van der Waals surface area contributed by atoms with Crippen LogP contribution < -0.4 is 0 Å². The van der Waals surface area contributed by atoms with Gasteiger partial charge >= 0.3 is 12.1 Å². The van der Waals surface area contributed by atoms with Crippen molar-refractivity contribution in [1.82, 2.24) is 4.90 Å². The Balaban J connectivity index is 2.22. The number of amides is 1. The average Bonchev–Trinajstić information content (AvgIpc) is 2.53. The molecule has 138 valence electrons. The highest BCUT2D eigenvalue weighted by atomic mass is 19.4. The molecule has 1 N–H and O–H groups in total. The van der Waals surface area contributed by atoms with Gasteiger partial charge in [-0.05, 0) is 37.8 Å². The first kappa shape index (κ1) is 19.3. The van der Waals surface area contributed by atoms with Gasteiger partial charge in [0.1, 0.15) is 0 Å². The van der Waals surface area contributed by atoms with Gasteiger partial charge in [-0.25, -0.2) is 0 Å². The fourth-order valence-electron chi connectivity index (χ4n) is 3.30. The predicted molar refractivity (Wildman–Crippen MR) is 86.0 cm³/mol. The zero-order valence-corrected chi connectivity index (χ0v) is 14.4. The standard InChI is InChI=1S/C18H22F3NO3/c1-11-10-22(8-7-14(11)15(23)24)16(25)17(2,3)12-5-4-6-13(9-12)18(19,20)21/h4-6,9,11,14H,7-8,10H2,1-3H3,(H,23,24). The van der Waals surface area contributed by atoms with Gasteiger partial charge in [0.05, 0.1) is 16.9 Å². The largest absolute Gasteiger partial charge is 0.481 e. The number of carboxylic acid groups (broad SMARTS) is 1. The maximum atomic E-state index is 12.9. The second kappa shape index (κ2) is 6.69. The predicted octanol–water partition coefficient (Wildman–Crippen LogP) is 3.55. The van der Waals surface area contributed by atoms with Crippen LogP contribution in [0.2, 0.25) is 0 Å². The molecule has 2 atom stereocenters. The van der Waals surface area contributed by atoms with E-state index in [2.05, 4.69) is 0 Å². The lowest BCUT2D eigenvalue weighted by Crippen LogP contribution is -2.50. The Morgan fingerprint density at radius 1 is 1.20 bits per heavy atom. The highest BCUT2D eigenvalue weighted by molar-refractivity contribution is 5.87. The van der Waals surface area contributed by atoms with Gasteiger partial charge in [-0.2, -0.15) is 13.2 Å². The Labute approximate surface area is 144 Å². The number of carboxylic acids is 1. The SMILES string of the molecule is CC1CN(C(=O)C(C)(C)c2cccc(C(F)(F)F)c2)CCC1C(=O)O. The number of hydrogen-bond donors (Lipinski definition) is 1. The number of benzene rings is 1. The van der Waals surface area contributed by atoms with Crippen LogP contribution >= 0.6 is 0 Å². The lowest BCUT2D eigenvalue weighted by molar-refractivity contribution is -0.149. The number of alkyl halides is 3. The Hall–Kier alpha value is -2.05. The molecule has 25 heavy (non-hydrogen) atoms. The van der Waals surface area contributed by atoms with Gasteiger partial charge in [-0.1, -0.05) is 25.1 Å². The molecule has 1 aliphatic heterocycles. The number of carbonyl (C=O) groups is 2. The maximum absolute atomic E-state index is 12.9. The summed E-state index contributed by atoms with van der Waals surface area (Å²) >= 11 is 0. The first-order chi connectivity index (χ1) is 11.4. The number of halogens is 3. The molecular formula is C18H22F3NO3. The zero-order valence-electron chi connectivity index (χ0n) is 14.4. The molecule has 1 aromatic rings. The normalized spacial score (nSPS) is 21.9. The van der Waals surface area contributed by atoms with Crippen molar-refractivity contribution < 1.29 is 27.9 Å². The summed E-state index contributed by atoms with van der Waals surface area (Å²) in [6.07, 6.45) is -4.12. The molecule has 0 radical (unpaired) electrons. The minimum absolute atomic E-state index is 0.201. The van der Waals surface area contributed by atoms with Crippen LogP contribution in [0.3, 0.4) is 0 Å². The van der Waals surface area contributed by atoms with Gasteiger partial charge in [-0.15, -0.1) is 0 Å². The number of likely N-dealkylation sites (tertiary alicyclic amines) is 1. The number of piperidine rings is 1. The van der Waals surface area contributed by atoms with Crippen molar-refractivity contribution in [3.8, 4) is 0 Å². The van der Waals surface area contributed by atoms with Crippen LogP contribution in [0, 0.1) is 11.8 Å². The number of aliphatic carboxylic acids is 1. The topological polar surface area (TPSA) is 57.6 Å². The third kappa shape index (κ3) is 3.96. The van der Waals surface area contributed by atoms with Gasteiger partial charge in [0.15, 0.2) is 0 Å². The molecule has 4 nitrogen and oxygen atoms in total. The molecule has 1 heterocycles. The molecule has 0 bridgehead atoms. The van der Waals surface area contributed by atoms with E-state index in [9.17, 15) is 22.8 Å². The fraction of sp³-hybridized carbons (Fsp3) is 0.556. The average molecular weight is 357 g/mol. The molecule has 1 saturated heterocycles. The first-order valence-electron chi connectivity index (χ1n) is 8.14.